The zero-order valence-electron chi connectivity index (χ0n) is 14.9. The molecule has 1 aromatic carbocycles. The van der Waals surface area contributed by atoms with E-state index in [1.165, 1.54) is 6.92 Å². The van der Waals surface area contributed by atoms with Crippen LogP contribution in [0.2, 0.25) is 0 Å². The Kier molecular flexibility index (Phi) is 8.06. The van der Waals surface area contributed by atoms with Gasteiger partial charge in [0.15, 0.2) is 0 Å². The molecule has 0 heterocycles. The van der Waals surface area contributed by atoms with Gasteiger partial charge in [0.2, 0.25) is 0 Å². The molecule has 25 heavy (non-hydrogen) atoms. The molecule has 0 aliphatic heterocycles. The number of aryl methyl sites for hydroxylation is 2. The van der Waals surface area contributed by atoms with Gasteiger partial charge in [-0.2, -0.15) is 8.42 Å². The Labute approximate surface area is 165 Å². The van der Waals surface area contributed by atoms with E-state index < -0.39 is 26.7 Å². The van der Waals surface area contributed by atoms with Crippen LogP contribution in [0.3, 0.4) is 0 Å². The second kappa shape index (κ2) is 8.77. The molecule has 0 saturated carbocycles. The van der Waals surface area contributed by atoms with Crippen LogP contribution in [0.1, 0.15) is 42.0 Å². The lowest BCUT2D eigenvalue weighted by atomic mass is 9.86. The quantitative estimate of drug-likeness (QED) is 0.466. The van der Waals surface area contributed by atoms with Gasteiger partial charge in [-0.25, -0.2) is 0 Å². The van der Waals surface area contributed by atoms with Gasteiger partial charge in [0.1, 0.15) is 9.93 Å². The van der Waals surface area contributed by atoms with E-state index in [1.54, 1.807) is 12.1 Å². The van der Waals surface area contributed by atoms with Crippen molar-refractivity contribution >= 4 is 44.9 Å². The molecule has 8 heteroatoms. The van der Waals surface area contributed by atoms with Gasteiger partial charge in [-0.3, -0.25) is 4.18 Å². The van der Waals surface area contributed by atoms with Gasteiger partial charge >= 0.3 is 0 Å². The molecule has 144 valence electrons. The molecule has 4 nitrogen and oxygen atoms in total. The minimum atomic E-state index is -3.80. The molecule has 0 amide bonds. The Morgan fingerprint density at radius 3 is 2.12 bits per heavy atom. The van der Waals surface area contributed by atoms with Gasteiger partial charge in [-0.15, -0.1) is 34.8 Å². The molecule has 0 aromatic heterocycles. The Balaban J connectivity index is 3.19. The highest BCUT2D eigenvalue weighted by molar-refractivity contribution is 7.86. The van der Waals surface area contributed by atoms with Gasteiger partial charge in [-0.05, 0) is 56.4 Å². The molecule has 1 N–H and O–H groups in total. The lowest BCUT2D eigenvalue weighted by Crippen LogP contribution is -2.38. The summed E-state index contributed by atoms with van der Waals surface area (Å²) in [7, 11) is -3.80. The lowest BCUT2D eigenvalue weighted by molar-refractivity contribution is -0.0175. The molecule has 1 atom stereocenters. The van der Waals surface area contributed by atoms with Crippen LogP contribution in [0.25, 0.3) is 0 Å². The summed E-state index contributed by atoms with van der Waals surface area (Å²) in [5.41, 5.74) is 1.93. The molecular formula is C17H25Cl3O4S. The maximum absolute atomic E-state index is 12.0. The molecule has 0 saturated heterocycles. The summed E-state index contributed by atoms with van der Waals surface area (Å²) in [4.78, 5) is 0. The number of rotatable bonds is 9. The van der Waals surface area contributed by atoms with Crippen LogP contribution in [-0.4, -0.2) is 36.1 Å². The molecule has 0 aliphatic rings. The smallest absolute Gasteiger partial charge is 0.267 e. The number of hydrogen-bond donors (Lipinski definition) is 1. The highest BCUT2D eigenvalue weighted by Crippen LogP contribution is 2.38. The van der Waals surface area contributed by atoms with Crippen molar-refractivity contribution in [2.24, 2.45) is 0 Å². The third kappa shape index (κ3) is 7.24. The second-order valence-corrected chi connectivity index (χ2v) is 10.6. The maximum atomic E-state index is 12.0. The standard InChI is InChI=1S/C17H25Cl3O4S/c1-12-8-15(9-13(2)14(12)3)17(21,10-16(4,19)20)11-24-25(22,23)7-5-6-18/h8-9,21H,5-7,10-11H2,1-4H3. The second-order valence-electron chi connectivity index (χ2n) is 6.58. The summed E-state index contributed by atoms with van der Waals surface area (Å²) in [5.74, 6) is 0.00217. The van der Waals surface area contributed by atoms with E-state index in [0.717, 1.165) is 16.7 Å². The monoisotopic (exact) mass is 430 g/mol. The molecule has 0 radical (unpaired) electrons. The van der Waals surface area contributed by atoms with Crippen LogP contribution in [-0.2, 0) is 19.9 Å². The lowest BCUT2D eigenvalue weighted by Gasteiger charge is -2.33. The summed E-state index contributed by atoms with van der Waals surface area (Å²) >= 11 is 17.7. The largest absolute Gasteiger partial charge is 0.383 e. The molecule has 0 bridgehead atoms. The molecule has 1 rings (SSSR count). The average molecular weight is 432 g/mol. The zero-order valence-corrected chi connectivity index (χ0v) is 18.0. The van der Waals surface area contributed by atoms with Crippen LogP contribution < -0.4 is 0 Å². The number of aliphatic hydroxyl groups is 1. The third-order valence-corrected chi connectivity index (χ3v) is 5.87. The maximum Gasteiger partial charge on any atom is 0.267 e. The summed E-state index contributed by atoms with van der Waals surface area (Å²) in [6, 6.07) is 3.60. The fourth-order valence-corrected chi connectivity index (χ4v) is 4.26. The van der Waals surface area contributed by atoms with Crippen molar-refractivity contribution in [2.45, 2.75) is 50.5 Å². The summed E-state index contributed by atoms with van der Waals surface area (Å²) in [6.45, 7) is 6.90. The van der Waals surface area contributed by atoms with E-state index >= 15 is 0 Å². The molecule has 0 spiro atoms. The molecule has 0 aliphatic carbocycles. The van der Waals surface area contributed by atoms with Crippen molar-refractivity contribution in [3.05, 3.63) is 34.4 Å². The van der Waals surface area contributed by atoms with Crippen molar-refractivity contribution in [2.75, 3.05) is 18.2 Å². The topological polar surface area (TPSA) is 63.6 Å². The van der Waals surface area contributed by atoms with Crippen LogP contribution in [0.4, 0.5) is 0 Å². The minimum Gasteiger partial charge on any atom is -0.383 e. The Morgan fingerprint density at radius 2 is 1.68 bits per heavy atom. The number of alkyl halides is 3. The number of benzene rings is 1. The Hall–Kier alpha value is -0.0400. The normalized spacial score (nSPS) is 15.2. The van der Waals surface area contributed by atoms with Crippen LogP contribution in [0.5, 0.6) is 0 Å². The zero-order chi connectivity index (χ0) is 19.5. The van der Waals surface area contributed by atoms with Gasteiger partial charge in [-0.1, -0.05) is 12.1 Å². The highest BCUT2D eigenvalue weighted by Gasteiger charge is 2.38. The first kappa shape index (κ1) is 23.0. The van der Waals surface area contributed by atoms with Crippen LogP contribution in [0, 0.1) is 20.8 Å². The van der Waals surface area contributed by atoms with E-state index in [-0.39, 0.29) is 24.5 Å². The van der Waals surface area contributed by atoms with Gasteiger partial charge in [0.05, 0.1) is 12.4 Å². The minimum absolute atomic E-state index is 0.0872. The van der Waals surface area contributed by atoms with E-state index in [0.29, 0.717) is 5.56 Å². The van der Waals surface area contributed by atoms with Crippen molar-refractivity contribution in [3.8, 4) is 0 Å². The predicted molar refractivity (Wildman–Crippen MR) is 104 cm³/mol. The first-order valence-corrected chi connectivity index (χ1v) is 10.8. The predicted octanol–water partition coefficient (Wildman–Crippen LogP) is 4.36. The molecule has 1 aromatic rings. The van der Waals surface area contributed by atoms with E-state index in [4.69, 9.17) is 39.0 Å². The number of hydrogen-bond acceptors (Lipinski definition) is 4. The van der Waals surface area contributed by atoms with Gasteiger partial charge in [0, 0.05) is 12.3 Å². The van der Waals surface area contributed by atoms with Crippen molar-refractivity contribution in [1.29, 1.82) is 0 Å². The van der Waals surface area contributed by atoms with E-state index in [2.05, 4.69) is 0 Å². The first-order chi connectivity index (χ1) is 11.3. The summed E-state index contributed by atoms with van der Waals surface area (Å²) in [5, 5.41) is 11.2. The van der Waals surface area contributed by atoms with Gasteiger partial charge in [0.25, 0.3) is 10.1 Å². The van der Waals surface area contributed by atoms with Crippen molar-refractivity contribution < 1.29 is 17.7 Å². The Bertz CT molecular complexity index is 675. The van der Waals surface area contributed by atoms with Crippen LogP contribution in [0.15, 0.2) is 12.1 Å². The summed E-state index contributed by atoms with van der Waals surface area (Å²) in [6.07, 6.45) is 0.184. The average Bonchev–Trinajstić information content (AvgIpc) is 2.46. The highest BCUT2D eigenvalue weighted by atomic mass is 35.5. The molecule has 0 fully saturated rings. The van der Waals surface area contributed by atoms with E-state index in [1.807, 2.05) is 20.8 Å². The molecule has 1 unspecified atom stereocenters. The third-order valence-electron chi connectivity index (χ3n) is 4.07. The fraction of sp³-hybridized carbons (Fsp3) is 0.647. The van der Waals surface area contributed by atoms with E-state index in [9.17, 15) is 13.5 Å². The van der Waals surface area contributed by atoms with Gasteiger partial charge < -0.3 is 5.11 Å². The number of halogens is 3. The van der Waals surface area contributed by atoms with Crippen LogP contribution >= 0.6 is 34.8 Å². The fourth-order valence-electron chi connectivity index (χ4n) is 2.53. The summed E-state index contributed by atoms with van der Waals surface area (Å²) < 4.78 is 27.7. The van der Waals surface area contributed by atoms with Crippen molar-refractivity contribution in [3.63, 3.8) is 0 Å². The first-order valence-electron chi connectivity index (χ1n) is 7.91. The molecular weight excluding hydrogens is 407 g/mol. The van der Waals surface area contributed by atoms with Crippen molar-refractivity contribution in [1.82, 2.24) is 0 Å². The SMILES string of the molecule is Cc1cc(C(O)(COS(=O)(=O)CCCCl)CC(C)(Cl)Cl)cc(C)c1C. The Morgan fingerprint density at radius 1 is 1.16 bits per heavy atom.